The van der Waals surface area contributed by atoms with E-state index >= 15 is 0 Å². The van der Waals surface area contributed by atoms with E-state index in [1.807, 2.05) is 0 Å². The SMILES string of the molecule is CC(C)N1CCC(NC(=O)c2cc(C3CC3)on2)C1c1ccc(F)c(F)c1. The molecule has 2 aliphatic rings. The second-order valence-electron chi connectivity index (χ2n) is 7.71. The highest BCUT2D eigenvalue weighted by Crippen LogP contribution is 2.40. The van der Waals surface area contributed by atoms with Crippen LogP contribution < -0.4 is 5.32 Å². The van der Waals surface area contributed by atoms with Crippen LogP contribution in [0.5, 0.6) is 0 Å². The van der Waals surface area contributed by atoms with Gasteiger partial charge in [0.25, 0.3) is 5.91 Å². The van der Waals surface area contributed by atoms with Crippen molar-refractivity contribution in [1.82, 2.24) is 15.4 Å². The Hall–Kier alpha value is -2.28. The van der Waals surface area contributed by atoms with Gasteiger partial charge < -0.3 is 9.84 Å². The predicted octanol–water partition coefficient (Wildman–Crippen LogP) is 3.78. The minimum Gasteiger partial charge on any atom is -0.360 e. The number of aromatic nitrogens is 1. The first-order chi connectivity index (χ1) is 12.9. The summed E-state index contributed by atoms with van der Waals surface area (Å²) in [5, 5.41) is 6.90. The first-order valence-corrected chi connectivity index (χ1v) is 9.42. The quantitative estimate of drug-likeness (QED) is 0.864. The molecular weight excluding hydrogens is 352 g/mol. The van der Waals surface area contributed by atoms with Gasteiger partial charge in [0, 0.05) is 24.6 Å². The van der Waals surface area contributed by atoms with E-state index in [-0.39, 0.29) is 29.7 Å². The summed E-state index contributed by atoms with van der Waals surface area (Å²) in [6.07, 6.45) is 2.86. The second-order valence-corrected chi connectivity index (χ2v) is 7.71. The first-order valence-electron chi connectivity index (χ1n) is 9.42. The number of carbonyl (C=O) groups is 1. The van der Waals surface area contributed by atoms with E-state index < -0.39 is 11.6 Å². The number of hydrogen-bond donors (Lipinski definition) is 1. The van der Waals surface area contributed by atoms with Gasteiger partial charge >= 0.3 is 0 Å². The molecule has 0 radical (unpaired) electrons. The Kier molecular flexibility index (Phi) is 4.72. The third kappa shape index (κ3) is 3.60. The van der Waals surface area contributed by atoms with Crippen LogP contribution >= 0.6 is 0 Å². The molecule has 2 heterocycles. The standard InChI is InChI=1S/C20H23F2N3O2/c1-11(2)25-8-7-16(19(25)13-5-6-14(21)15(22)9-13)23-20(26)17-10-18(27-24-17)12-3-4-12/h5-6,9-12,16,19H,3-4,7-8H2,1-2H3,(H,23,26). The normalized spacial score (nSPS) is 23.1. The van der Waals surface area contributed by atoms with Crippen molar-refractivity contribution in [3.05, 3.63) is 52.9 Å². The minimum absolute atomic E-state index is 0.207. The molecule has 4 rings (SSSR count). The molecule has 2 fully saturated rings. The Labute approximate surface area is 156 Å². The van der Waals surface area contributed by atoms with Crippen LogP contribution in [0.3, 0.4) is 0 Å². The lowest BCUT2D eigenvalue weighted by Crippen LogP contribution is -2.41. The van der Waals surface area contributed by atoms with E-state index in [4.69, 9.17) is 4.52 Å². The molecule has 144 valence electrons. The zero-order valence-corrected chi connectivity index (χ0v) is 15.4. The van der Waals surface area contributed by atoms with Crippen LogP contribution in [0, 0.1) is 11.6 Å². The molecule has 1 aliphatic carbocycles. The zero-order valence-electron chi connectivity index (χ0n) is 15.4. The first kappa shape index (κ1) is 18.1. The summed E-state index contributed by atoms with van der Waals surface area (Å²) < 4.78 is 32.4. The van der Waals surface area contributed by atoms with E-state index in [0.29, 0.717) is 11.5 Å². The average molecular weight is 375 g/mol. The topological polar surface area (TPSA) is 58.4 Å². The molecule has 27 heavy (non-hydrogen) atoms. The highest BCUT2D eigenvalue weighted by molar-refractivity contribution is 5.92. The number of nitrogens with zero attached hydrogens (tertiary/aromatic N) is 2. The molecule has 1 amide bonds. The highest BCUT2D eigenvalue weighted by atomic mass is 19.2. The molecule has 1 saturated heterocycles. The fraction of sp³-hybridized carbons (Fsp3) is 0.500. The Morgan fingerprint density at radius 1 is 1.22 bits per heavy atom. The van der Waals surface area contributed by atoms with Gasteiger partial charge in [0.2, 0.25) is 0 Å². The number of rotatable bonds is 5. The van der Waals surface area contributed by atoms with Crippen LogP contribution in [0.4, 0.5) is 8.78 Å². The summed E-state index contributed by atoms with van der Waals surface area (Å²) >= 11 is 0. The molecule has 2 aromatic rings. The fourth-order valence-corrected chi connectivity index (χ4v) is 3.87. The minimum atomic E-state index is -0.876. The summed E-state index contributed by atoms with van der Waals surface area (Å²) in [4.78, 5) is 14.8. The van der Waals surface area contributed by atoms with E-state index in [2.05, 4.69) is 29.2 Å². The van der Waals surface area contributed by atoms with Crippen molar-refractivity contribution in [2.75, 3.05) is 6.54 Å². The third-order valence-corrected chi connectivity index (χ3v) is 5.44. The zero-order chi connectivity index (χ0) is 19.1. The summed E-state index contributed by atoms with van der Waals surface area (Å²) in [6, 6.07) is 5.42. The van der Waals surface area contributed by atoms with Gasteiger partial charge in [-0.2, -0.15) is 0 Å². The number of carbonyl (C=O) groups excluding carboxylic acids is 1. The van der Waals surface area contributed by atoms with Gasteiger partial charge in [0.15, 0.2) is 17.3 Å². The Morgan fingerprint density at radius 3 is 2.67 bits per heavy atom. The maximum atomic E-state index is 13.8. The lowest BCUT2D eigenvalue weighted by molar-refractivity contribution is 0.0910. The Morgan fingerprint density at radius 2 is 2.00 bits per heavy atom. The lowest BCUT2D eigenvalue weighted by Gasteiger charge is -2.31. The van der Waals surface area contributed by atoms with Crippen LogP contribution in [0.2, 0.25) is 0 Å². The molecule has 0 spiro atoms. The average Bonchev–Trinajstić information content (AvgIpc) is 3.20. The third-order valence-electron chi connectivity index (χ3n) is 5.44. The van der Waals surface area contributed by atoms with Crippen molar-refractivity contribution < 1.29 is 18.1 Å². The molecule has 1 saturated carbocycles. The van der Waals surface area contributed by atoms with Crippen LogP contribution in [0.15, 0.2) is 28.8 Å². The molecule has 7 heteroatoms. The smallest absolute Gasteiger partial charge is 0.273 e. The van der Waals surface area contributed by atoms with Crippen molar-refractivity contribution in [3.63, 3.8) is 0 Å². The highest BCUT2D eigenvalue weighted by Gasteiger charge is 2.38. The number of hydrogen-bond acceptors (Lipinski definition) is 4. The van der Waals surface area contributed by atoms with Crippen molar-refractivity contribution >= 4 is 5.91 Å². The Balaban J connectivity index is 1.55. The van der Waals surface area contributed by atoms with E-state index in [0.717, 1.165) is 37.6 Å². The van der Waals surface area contributed by atoms with Gasteiger partial charge in [-0.1, -0.05) is 11.2 Å². The summed E-state index contributed by atoms with van der Waals surface area (Å²) in [7, 11) is 0. The van der Waals surface area contributed by atoms with Crippen LogP contribution in [-0.4, -0.2) is 34.6 Å². The molecule has 1 N–H and O–H groups in total. The molecule has 5 nitrogen and oxygen atoms in total. The van der Waals surface area contributed by atoms with Gasteiger partial charge in [0.05, 0.1) is 12.1 Å². The maximum absolute atomic E-state index is 13.8. The molecule has 1 aromatic carbocycles. The van der Waals surface area contributed by atoms with Gasteiger partial charge in [-0.3, -0.25) is 9.69 Å². The molecule has 2 atom stereocenters. The van der Waals surface area contributed by atoms with E-state index in [1.54, 1.807) is 12.1 Å². The molecular formula is C20H23F2N3O2. The number of benzene rings is 1. The van der Waals surface area contributed by atoms with Crippen LogP contribution in [0.25, 0.3) is 0 Å². The summed E-state index contributed by atoms with van der Waals surface area (Å²) in [6.45, 7) is 4.87. The summed E-state index contributed by atoms with van der Waals surface area (Å²) in [5.74, 6) is -0.902. The van der Waals surface area contributed by atoms with E-state index in [9.17, 15) is 13.6 Å². The second kappa shape index (κ2) is 7.03. The lowest BCUT2D eigenvalue weighted by atomic mass is 9.99. The molecule has 1 aromatic heterocycles. The van der Waals surface area contributed by atoms with Gasteiger partial charge in [-0.05, 0) is 50.8 Å². The molecule has 2 unspecified atom stereocenters. The fourth-order valence-electron chi connectivity index (χ4n) is 3.87. The Bertz CT molecular complexity index is 848. The predicted molar refractivity (Wildman–Crippen MR) is 95.3 cm³/mol. The number of likely N-dealkylation sites (tertiary alicyclic amines) is 1. The van der Waals surface area contributed by atoms with Gasteiger partial charge in [-0.25, -0.2) is 8.78 Å². The van der Waals surface area contributed by atoms with E-state index in [1.165, 1.54) is 6.07 Å². The van der Waals surface area contributed by atoms with Crippen LogP contribution in [0.1, 0.15) is 66.9 Å². The summed E-state index contributed by atoms with van der Waals surface area (Å²) in [5.41, 5.74) is 0.924. The number of nitrogens with one attached hydrogen (secondary N) is 1. The van der Waals surface area contributed by atoms with Crippen molar-refractivity contribution in [2.24, 2.45) is 0 Å². The van der Waals surface area contributed by atoms with Gasteiger partial charge in [-0.15, -0.1) is 0 Å². The monoisotopic (exact) mass is 375 g/mol. The number of halogens is 2. The largest absolute Gasteiger partial charge is 0.360 e. The molecule has 1 aliphatic heterocycles. The maximum Gasteiger partial charge on any atom is 0.273 e. The van der Waals surface area contributed by atoms with Crippen LogP contribution in [-0.2, 0) is 0 Å². The van der Waals surface area contributed by atoms with Crippen molar-refractivity contribution in [2.45, 2.75) is 57.2 Å². The number of amides is 1. The van der Waals surface area contributed by atoms with Crippen molar-refractivity contribution in [3.8, 4) is 0 Å². The van der Waals surface area contributed by atoms with Crippen molar-refractivity contribution in [1.29, 1.82) is 0 Å². The molecule has 0 bridgehead atoms. The van der Waals surface area contributed by atoms with Gasteiger partial charge in [0.1, 0.15) is 5.76 Å².